The molecule has 3 heterocycles. The summed E-state index contributed by atoms with van der Waals surface area (Å²) in [4.78, 5) is 24.0. The van der Waals surface area contributed by atoms with Crippen molar-refractivity contribution in [1.82, 2.24) is 15.3 Å². The van der Waals surface area contributed by atoms with E-state index in [9.17, 15) is 4.79 Å². The quantitative estimate of drug-likeness (QED) is 0.855. The van der Waals surface area contributed by atoms with Gasteiger partial charge in [0, 0.05) is 48.2 Å². The van der Waals surface area contributed by atoms with E-state index in [-0.39, 0.29) is 11.3 Å². The molecule has 0 bridgehead atoms. The summed E-state index contributed by atoms with van der Waals surface area (Å²) in [6.07, 6.45) is 4.39. The zero-order valence-corrected chi connectivity index (χ0v) is 17.5. The van der Waals surface area contributed by atoms with Gasteiger partial charge in [0.25, 0.3) is 0 Å². The molecule has 2 aromatic heterocycles. The van der Waals surface area contributed by atoms with Gasteiger partial charge >= 0.3 is 0 Å². The number of carbonyl (C=O) groups excluding carboxylic acids is 1. The molecule has 1 aliphatic heterocycles. The second kappa shape index (κ2) is 8.72. The second-order valence-corrected chi connectivity index (χ2v) is 8.87. The Bertz CT molecular complexity index is 790. The molecule has 28 heavy (non-hydrogen) atoms. The molecule has 0 unspecified atom stereocenters. The first-order chi connectivity index (χ1) is 13.3. The van der Waals surface area contributed by atoms with Gasteiger partial charge in [-0.3, -0.25) is 9.78 Å². The zero-order chi connectivity index (χ0) is 20.1. The van der Waals surface area contributed by atoms with Gasteiger partial charge in [0.05, 0.1) is 6.42 Å². The third-order valence-corrected chi connectivity index (χ3v) is 5.35. The third-order valence-electron chi connectivity index (χ3n) is 5.35. The Kier molecular flexibility index (Phi) is 6.32. The average Bonchev–Trinajstić information content (AvgIpc) is 2.67. The van der Waals surface area contributed by atoms with Crippen LogP contribution in [0.3, 0.4) is 0 Å². The van der Waals surface area contributed by atoms with Crippen molar-refractivity contribution in [2.45, 2.75) is 58.9 Å². The highest BCUT2D eigenvalue weighted by Gasteiger charge is 2.23. The fraction of sp³-hybridized carbons (Fsp3) is 0.522. The van der Waals surface area contributed by atoms with E-state index in [0.29, 0.717) is 13.0 Å². The summed E-state index contributed by atoms with van der Waals surface area (Å²) in [5.74, 6) is 1.78. The van der Waals surface area contributed by atoms with Gasteiger partial charge < -0.3 is 10.2 Å². The van der Waals surface area contributed by atoms with Gasteiger partial charge in [-0.05, 0) is 37.0 Å². The predicted molar refractivity (Wildman–Crippen MR) is 113 cm³/mol. The van der Waals surface area contributed by atoms with E-state index >= 15 is 0 Å². The fourth-order valence-corrected chi connectivity index (χ4v) is 3.45. The maximum absolute atomic E-state index is 12.4. The Morgan fingerprint density at radius 1 is 1.18 bits per heavy atom. The van der Waals surface area contributed by atoms with E-state index in [4.69, 9.17) is 4.98 Å². The van der Waals surface area contributed by atoms with Crippen molar-refractivity contribution in [3.05, 3.63) is 53.5 Å². The zero-order valence-electron chi connectivity index (χ0n) is 17.5. The molecule has 1 aliphatic rings. The molecule has 1 fully saturated rings. The van der Waals surface area contributed by atoms with Gasteiger partial charge in [-0.1, -0.05) is 39.8 Å². The van der Waals surface area contributed by atoms with Crippen LogP contribution in [0.2, 0.25) is 0 Å². The predicted octanol–water partition coefficient (Wildman–Crippen LogP) is 3.87. The van der Waals surface area contributed by atoms with Gasteiger partial charge in [0.15, 0.2) is 0 Å². The van der Waals surface area contributed by atoms with Crippen LogP contribution < -0.4 is 10.2 Å². The monoisotopic (exact) mass is 380 g/mol. The first kappa shape index (κ1) is 20.3. The number of carbonyl (C=O) groups is 1. The Morgan fingerprint density at radius 2 is 1.93 bits per heavy atom. The number of pyridine rings is 2. The first-order valence-electron chi connectivity index (χ1n) is 10.2. The first-order valence-corrected chi connectivity index (χ1v) is 10.2. The van der Waals surface area contributed by atoms with E-state index in [2.05, 4.69) is 55.0 Å². The molecule has 0 radical (unpaired) electrons. The SMILES string of the molecule is CC1CCN(c2nc(C(C)(C)C)ccc2CNC(=O)Cc2ccccn2)CC1. The Hall–Kier alpha value is -2.43. The summed E-state index contributed by atoms with van der Waals surface area (Å²) in [5.41, 5.74) is 2.95. The van der Waals surface area contributed by atoms with Crippen molar-refractivity contribution >= 4 is 11.7 Å². The molecule has 2 aromatic rings. The van der Waals surface area contributed by atoms with Crippen molar-refractivity contribution in [3.8, 4) is 0 Å². The summed E-state index contributed by atoms with van der Waals surface area (Å²) < 4.78 is 0. The minimum absolute atomic E-state index is 0.00140. The van der Waals surface area contributed by atoms with E-state index in [1.807, 2.05) is 18.2 Å². The Labute approximate surface area is 168 Å². The second-order valence-electron chi connectivity index (χ2n) is 8.87. The molecule has 0 saturated carbocycles. The van der Waals surface area contributed by atoms with Gasteiger partial charge in [-0.25, -0.2) is 4.98 Å². The van der Waals surface area contributed by atoms with Crippen LogP contribution in [0.5, 0.6) is 0 Å². The third kappa shape index (κ3) is 5.31. The molecule has 1 amide bonds. The lowest BCUT2D eigenvalue weighted by molar-refractivity contribution is -0.120. The molecular weight excluding hydrogens is 348 g/mol. The van der Waals surface area contributed by atoms with Crippen molar-refractivity contribution in [3.63, 3.8) is 0 Å². The van der Waals surface area contributed by atoms with E-state index in [1.165, 1.54) is 12.8 Å². The summed E-state index contributed by atoms with van der Waals surface area (Å²) >= 11 is 0. The number of piperidine rings is 1. The highest BCUT2D eigenvalue weighted by Crippen LogP contribution is 2.28. The molecule has 5 nitrogen and oxygen atoms in total. The lowest BCUT2D eigenvalue weighted by Gasteiger charge is -2.33. The summed E-state index contributed by atoms with van der Waals surface area (Å²) in [5, 5.41) is 3.05. The molecule has 5 heteroatoms. The highest BCUT2D eigenvalue weighted by molar-refractivity contribution is 5.78. The molecule has 1 N–H and O–H groups in total. The van der Waals surface area contributed by atoms with Crippen LogP contribution in [0.15, 0.2) is 36.5 Å². The van der Waals surface area contributed by atoms with Crippen molar-refractivity contribution < 1.29 is 4.79 Å². The molecule has 1 saturated heterocycles. The molecule has 150 valence electrons. The van der Waals surface area contributed by atoms with Crippen molar-refractivity contribution in [2.75, 3.05) is 18.0 Å². The highest BCUT2D eigenvalue weighted by atomic mass is 16.1. The lowest BCUT2D eigenvalue weighted by atomic mass is 9.91. The van der Waals surface area contributed by atoms with Crippen LogP contribution in [0.4, 0.5) is 5.82 Å². The number of hydrogen-bond donors (Lipinski definition) is 1. The van der Waals surface area contributed by atoms with Gasteiger partial charge in [-0.15, -0.1) is 0 Å². The summed E-state index contributed by atoms with van der Waals surface area (Å²) in [6, 6.07) is 9.85. The number of amides is 1. The Morgan fingerprint density at radius 3 is 2.57 bits per heavy atom. The molecule has 0 aromatic carbocycles. The van der Waals surface area contributed by atoms with Crippen molar-refractivity contribution in [1.29, 1.82) is 0 Å². The Balaban J connectivity index is 1.74. The topological polar surface area (TPSA) is 58.1 Å². The number of anilines is 1. The molecule has 0 spiro atoms. The van der Waals surface area contributed by atoms with Crippen LogP contribution >= 0.6 is 0 Å². The van der Waals surface area contributed by atoms with Gasteiger partial charge in [-0.2, -0.15) is 0 Å². The summed E-state index contributed by atoms with van der Waals surface area (Å²) in [6.45, 7) is 11.4. The van der Waals surface area contributed by atoms with Crippen LogP contribution in [-0.2, 0) is 23.2 Å². The van der Waals surface area contributed by atoms with E-state index in [1.54, 1.807) is 6.20 Å². The molecule has 0 aliphatic carbocycles. The maximum atomic E-state index is 12.4. The molecular formula is C23H32N4O. The van der Waals surface area contributed by atoms with Crippen LogP contribution in [-0.4, -0.2) is 29.0 Å². The van der Waals surface area contributed by atoms with Crippen LogP contribution in [0.25, 0.3) is 0 Å². The normalized spacial score (nSPS) is 15.5. The molecule has 0 atom stereocenters. The smallest absolute Gasteiger partial charge is 0.226 e. The van der Waals surface area contributed by atoms with Gasteiger partial charge in [0.2, 0.25) is 5.91 Å². The maximum Gasteiger partial charge on any atom is 0.226 e. The lowest BCUT2D eigenvalue weighted by Crippen LogP contribution is -2.35. The number of aromatic nitrogens is 2. The number of nitrogens with one attached hydrogen (secondary N) is 1. The number of nitrogens with zero attached hydrogens (tertiary/aromatic N) is 3. The average molecular weight is 381 g/mol. The molecule has 3 rings (SSSR count). The van der Waals surface area contributed by atoms with Crippen molar-refractivity contribution in [2.24, 2.45) is 5.92 Å². The minimum atomic E-state index is -0.0168. The number of rotatable bonds is 5. The van der Waals surface area contributed by atoms with Gasteiger partial charge in [0.1, 0.15) is 5.82 Å². The largest absolute Gasteiger partial charge is 0.356 e. The van der Waals surface area contributed by atoms with Crippen LogP contribution in [0.1, 0.15) is 57.5 Å². The number of hydrogen-bond acceptors (Lipinski definition) is 4. The minimum Gasteiger partial charge on any atom is -0.356 e. The van der Waals surface area contributed by atoms with E-state index < -0.39 is 0 Å². The summed E-state index contributed by atoms with van der Waals surface area (Å²) in [7, 11) is 0. The van der Waals surface area contributed by atoms with Crippen LogP contribution in [0, 0.1) is 5.92 Å². The fourth-order valence-electron chi connectivity index (χ4n) is 3.45. The van der Waals surface area contributed by atoms with E-state index in [0.717, 1.165) is 41.8 Å². The standard InChI is InChI=1S/C23H32N4O/c1-17-10-13-27(14-11-17)22-18(8-9-20(26-22)23(2,3)4)16-25-21(28)15-19-7-5-6-12-24-19/h5-9,12,17H,10-11,13-16H2,1-4H3,(H,25,28).